The molecule has 0 bridgehead atoms. The fourth-order valence-electron chi connectivity index (χ4n) is 1.66. The second-order valence-electron chi connectivity index (χ2n) is 3.09. The van der Waals surface area contributed by atoms with Gasteiger partial charge in [0, 0.05) is 7.05 Å². The van der Waals surface area contributed by atoms with Gasteiger partial charge in [-0.3, -0.25) is 0 Å². The minimum Gasteiger partial charge on any atom is -0.342 e. The summed E-state index contributed by atoms with van der Waals surface area (Å²) in [5, 5.41) is 0. The van der Waals surface area contributed by atoms with E-state index >= 15 is 0 Å². The average molecular weight is 445 g/mol. The van der Waals surface area contributed by atoms with Gasteiger partial charge in [-0.15, -0.1) is 22.7 Å². The van der Waals surface area contributed by atoms with Gasteiger partial charge in [0.05, 0.1) is 26.2 Å². The van der Waals surface area contributed by atoms with Crippen molar-refractivity contribution in [1.82, 2.24) is 4.57 Å². The maximum atomic E-state index is 2.39. The lowest BCUT2D eigenvalue weighted by molar-refractivity contribution is 1.02. The summed E-state index contributed by atoms with van der Waals surface area (Å²) < 4.78 is 7.92. The maximum Gasteiger partial charge on any atom is 0.0712 e. The number of fused-ring (bicyclic) bond motifs is 3. The summed E-state index contributed by atoms with van der Waals surface area (Å²) in [4.78, 5) is 0. The molecule has 72 valence electrons. The first-order chi connectivity index (χ1) is 6.66. The number of hydrogen-bond acceptors (Lipinski definition) is 2. The summed E-state index contributed by atoms with van der Waals surface area (Å²) in [7, 11) is 2.15. The van der Waals surface area contributed by atoms with Crippen LogP contribution in [0.1, 0.15) is 0 Å². The van der Waals surface area contributed by atoms with Crippen molar-refractivity contribution in [2.45, 2.75) is 0 Å². The summed E-state index contributed by atoms with van der Waals surface area (Å²) in [6.07, 6.45) is 0. The van der Waals surface area contributed by atoms with Crippen molar-refractivity contribution >= 4 is 88.3 Å². The van der Waals surface area contributed by atoms with E-state index in [0.29, 0.717) is 0 Å². The largest absolute Gasteiger partial charge is 0.342 e. The normalized spacial score (nSPS) is 11.9. The van der Waals surface area contributed by atoms with E-state index in [1.165, 1.54) is 26.2 Å². The molecule has 3 rings (SSSR count). The SMILES string of the molecule is Cn1c2cc(I)sc2c2sc(I)cc21. The molecule has 0 atom stereocenters. The highest BCUT2D eigenvalue weighted by atomic mass is 127. The van der Waals surface area contributed by atoms with E-state index in [-0.39, 0.29) is 0 Å². The monoisotopic (exact) mass is 445 g/mol. The Hall–Kier alpha value is 0.660. The van der Waals surface area contributed by atoms with Gasteiger partial charge in [0.15, 0.2) is 0 Å². The molecule has 5 heteroatoms. The van der Waals surface area contributed by atoms with Gasteiger partial charge in [-0.05, 0) is 57.3 Å². The van der Waals surface area contributed by atoms with Crippen LogP contribution in [-0.2, 0) is 7.05 Å². The van der Waals surface area contributed by atoms with Crippen LogP contribution in [0.5, 0.6) is 0 Å². The van der Waals surface area contributed by atoms with Crippen molar-refractivity contribution in [1.29, 1.82) is 0 Å². The van der Waals surface area contributed by atoms with Crippen LogP contribution >= 0.6 is 67.9 Å². The van der Waals surface area contributed by atoms with Gasteiger partial charge in [-0.2, -0.15) is 0 Å². The molecule has 0 N–H and O–H groups in total. The number of aromatic nitrogens is 1. The lowest BCUT2D eigenvalue weighted by atomic mass is 10.5. The van der Waals surface area contributed by atoms with E-state index in [0.717, 1.165) is 0 Å². The van der Waals surface area contributed by atoms with Crippen LogP contribution in [0.4, 0.5) is 0 Å². The van der Waals surface area contributed by atoms with Crippen molar-refractivity contribution < 1.29 is 0 Å². The zero-order chi connectivity index (χ0) is 9.87. The Morgan fingerprint density at radius 3 is 1.86 bits per heavy atom. The van der Waals surface area contributed by atoms with Gasteiger partial charge < -0.3 is 4.57 Å². The topological polar surface area (TPSA) is 4.93 Å². The number of aryl methyl sites for hydroxylation is 1. The van der Waals surface area contributed by atoms with Crippen LogP contribution in [0, 0.1) is 5.77 Å². The number of rotatable bonds is 0. The van der Waals surface area contributed by atoms with Gasteiger partial charge in [0.25, 0.3) is 0 Å². The Balaban J connectivity index is 2.62. The number of halogens is 2. The molecule has 0 fully saturated rings. The highest BCUT2D eigenvalue weighted by Crippen LogP contribution is 2.39. The van der Waals surface area contributed by atoms with E-state index in [1.54, 1.807) is 0 Å². The zero-order valence-electron chi connectivity index (χ0n) is 7.17. The van der Waals surface area contributed by atoms with Crippen LogP contribution in [0.2, 0.25) is 0 Å². The third-order valence-electron chi connectivity index (χ3n) is 2.29. The van der Waals surface area contributed by atoms with E-state index in [2.05, 4.69) is 68.9 Å². The molecule has 3 aromatic heterocycles. The van der Waals surface area contributed by atoms with Gasteiger partial charge in [-0.1, -0.05) is 0 Å². The third-order valence-corrected chi connectivity index (χ3v) is 6.23. The summed E-state index contributed by atoms with van der Waals surface area (Å²) >= 11 is 8.56. The third kappa shape index (κ3) is 1.28. The van der Waals surface area contributed by atoms with Crippen molar-refractivity contribution in [3.63, 3.8) is 0 Å². The molecule has 0 radical (unpaired) electrons. The Labute approximate surface area is 116 Å². The molecule has 0 saturated carbocycles. The fraction of sp³-hybridized carbons (Fsp3) is 0.111. The number of thiophene rings is 2. The van der Waals surface area contributed by atoms with Crippen LogP contribution < -0.4 is 0 Å². The predicted octanol–water partition coefficient (Wildman–Crippen LogP) is 4.66. The molecule has 14 heavy (non-hydrogen) atoms. The Morgan fingerprint density at radius 1 is 1.00 bits per heavy atom. The van der Waals surface area contributed by atoms with Crippen molar-refractivity contribution in [3.8, 4) is 0 Å². The molecule has 0 aliphatic heterocycles. The lowest BCUT2D eigenvalue weighted by Crippen LogP contribution is -1.83. The minimum absolute atomic E-state index is 1.37. The average Bonchev–Trinajstić information content (AvgIpc) is 2.71. The maximum absolute atomic E-state index is 2.39. The molecular formula is C9H5I2NS2. The van der Waals surface area contributed by atoms with Gasteiger partial charge in [0.1, 0.15) is 0 Å². The summed E-state index contributed by atoms with van der Waals surface area (Å²) in [5.41, 5.74) is 2.74. The van der Waals surface area contributed by atoms with Crippen LogP contribution in [0.3, 0.4) is 0 Å². The number of nitrogens with zero attached hydrogens (tertiary/aromatic N) is 1. The van der Waals surface area contributed by atoms with Crippen LogP contribution in [0.25, 0.3) is 20.4 Å². The van der Waals surface area contributed by atoms with Gasteiger partial charge in [0.2, 0.25) is 0 Å². The van der Waals surface area contributed by atoms with E-state index in [4.69, 9.17) is 0 Å². The van der Waals surface area contributed by atoms with Gasteiger partial charge >= 0.3 is 0 Å². The van der Waals surface area contributed by atoms with Crippen LogP contribution in [0.15, 0.2) is 12.1 Å². The predicted molar refractivity (Wildman–Crippen MR) is 81.6 cm³/mol. The fourth-order valence-corrected chi connectivity index (χ4v) is 5.55. The van der Waals surface area contributed by atoms with E-state index in [1.807, 2.05) is 22.7 Å². The second kappa shape index (κ2) is 3.33. The minimum atomic E-state index is 1.37. The van der Waals surface area contributed by atoms with Crippen LogP contribution in [-0.4, -0.2) is 4.57 Å². The van der Waals surface area contributed by atoms with E-state index in [9.17, 15) is 0 Å². The first-order valence-corrected chi connectivity index (χ1v) is 7.78. The second-order valence-corrected chi connectivity index (χ2v) is 8.98. The first-order valence-electron chi connectivity index (χ1n) is 3.99. The summed E-state index contributed by atoms with van der Waals surface area (Å²) in [6, 6.07) is 4.53. The molecule has 3 aromatic rings. The Bertz CT molecular complexity index is 578. The Kier molecular flexibility index (Phi) is 2.34. The quantitative estimate of drug-likeness (QED) is 0.444. The lowest BCUT2D eigenvalue weighted by Gasteiger charge is -1.91. The van der Waals surface area contributed by atoms with E-state index < -0.39 is 0 Å². The Morgan fingerprint density at radius 2 is 1.43 bits per heavy atom. The molecule has 3 heterocycles. The standard InChI is InChI=1S/C9H5I2NS2/c1-12-4-2-6(10)13-8(4)9-5(12)3-7(11)14-9/h2-3H,1H3. The van der Waals surface area contributed by atoms with Crippen molar-refractivity contribution in [2.24, 2.45) is 7.05 Å². The van der Waals surface area contributed by atoms with Gasteiger partial charge in [-0.25, -0.2) is 0 Å². The highest BCUT2D eigenvalue weighted by Gasteiger charge is 2.13. The molecule has 0 aromatic carbocycles. The molecule has 1 nitrogen and oxygen atoms in total. The summed E-state index contributed by atoms with van der Waals surface area (Å²) in [5.74, 6) is 0. The molecule has 0 spiro atoms. The summed E-state index contributed by atoms with van der Waals surface area (Å²) in [6.45, 7) is 0. The highest BCUT2D eigenvalue weighted by molar-refractivity contribution is 14.1. The molecule has 0 saturated heterocycles. The molecule has 0 amide bonds. The molecule has 0 unspecified atom stereocenters. The first kappa shape index (κ1) is 9.86. The number of hydrogen-bond donors (Lipinski definition) is 0. The zero-order valence-corrected chi connectivity index (χ0v) is 13.1. The van der Waals surface area contributed by atoms with Crippen molar-refractivity contribution in [3.05, 3.63) is 17.9 Å². The smallest absolute Gasteiger partial charge is 0.0712 e. The molecule has 0 aliphatic carbocycles. The molecule has 0 aliphatic rings. The molecular weight excluding hydrogens is 440 g/mol. The van der Waals surface area contributed by atoms with Crippen molar-refractivity contribution in [2.75, 3.05) is 0 Å².